The Labute approximate surface area is 549 Å². The fourth-order valence-electron chi connectivity index (χ4n) is 10.6. The van der Waals surface area contributed by atoms with Crippen LogP contribution in [0, 0.1) is 23.7 Å². The number of hydrogen-bond acceptors (Lipinski definition) is 15. The van der Waals surface area contributed by atoms with Crippen LogP contribution in [0.4, 0.5) is 0 Å². The van der Waals surface area contributed by atoms with Crippen LogP contribution < -0.4 is 0 Å². The molecule has 0 saturated carbocycles. The van der Waals surface area contributed by atoms with E-state index < -0.39 is 97.5 Å². The molecular formula is C71H138O17P2. The van der Waals surface area contributed by atoms with Crippen molar-refractivity contribution in [1.29, 1.82) is 0 Å². The van der Waals surface area contributed by atoms with Crippen LogP contribution in [-0.4, -0.2) is 96.7 Å². The SMILES string of the molecule is CCC(C)CCCCCCCCCCCCC(=O)OC[C@H](COP(=O)(O)OC[C@@H](O)COP(=O)(O)OC[C@@H](COC(=O)CCCCCCCCC(C)C)OC(=O)CCCCCCCCCCCCCCCCC(C)C)OC(=O)CCCCCCCCCC(C)C. The van der Waals surface area contributed by atoms with Crippen LogP contribution in [0.5, 0.6) is 0 Å². The van der Waals surface area contributed by atoms with Crippen molar-refractivity contribution in [2.45, 2.75) is 369 Å². The first kappa shape index (κ1) is 88.1. The number of aliphatic hydroxyl groups excluding tert-OH is 1. The Balaban J connectivity index is 5.21. The number of carbonyl (C=O) groups excluding carboxylic acids is 4. The first-order chi connectivity index (χ1) is 43.1. The molecule has 0 fully saturated rings. The zero-order valence-corrected chi connectivity index (χ0v) is 60.6. The van der Waals surface area contributed by atoms with Gasteiger partial charge in [-0.15, -0.1) is 0 Å². The molecule has 90 heavy (non-hydrogen) atoms. The summed E-state index contributed by atoms with van der Waals surface area (Å²) in [5, 5.41) is 10.6. The normalized spacial score (nSPS) is 14.6. The minimum atomic E-state index is -4.95. The van der Waals surface area contributed by atoms with Gasteiger partial charge in [-0.3, -0.25) is 37.3 Å². The number of unbranched alkanes of at least 4 members (excludes halogenated alkanes) is 33. The van der Waals surface area contributed by atoms with Gasteiger partial charge < -0.3 is 33.8 Å². The summed E-state index contributed by atoms with van der Waals surface area (Å²) in [6.45, 7) is 14.1. The first-order valence-corrected chi connectivity index (χ1v) is 39.7. The maximum absolute atomic E-state index is 13.0. The predicted molar refractivity (Wildman–Crippen MR) is 363 cm³/mol. The number of esters is 4. The molecule has 17 nitrogen and oxygen atoms in total. The number of phosphoric ester groups is 2. The minimum Gasteiger partial charge on any atom is -0.462 e. The molecule has 3 unspecified atom stereocenters. The highest BCUT2D eigenvalue weighted by atomic mass is 31.2. The third-order valence-electron chi connectivity index (χ3n) is 16.7. The van der Waals surface area contributed by atoms with E-state index in [-0.39, 0.29) is 25.7 Å². The summed E-state index contributed by atoms with van der Waals surface area (Å²) in [6, 6.07) is 0. The van der Waals surface area contributed by atoms with Crippen molar-refractivity contribution in [3.05, 3.63) is 0 Å². The van der Waals surface area contributed by atoms with Crippen LogP contribution in [-0.2, 0) is 65.4 Å². The Hall–Kier alpha value is -1.94. The number of aliphatic hydroxyl groups is 1. The second-order valence-corrected chi connectivity index (χ2v) is 30.2. The second-order valence-electron chi connectivity index (χ2n) is 27.3. The van der Waals surface area contributed by atoms with E-state index in [2.05, 4.69) is 55.4 Å². The molecule has 0 spiro atoms. The zero-order chi connectivity index (χ0) is 66.8. The monoisotopic (exact) mass is 1320 g/mol. The van der Waals surface area contributed by atoms with Gasteiger partial charge in [-0.25, -0.2) is 9.13 Å². The van der Waals surface area contributed by atoms with Crippen molar-refractivity contribution in [2.24, 2.45) is 23.7 Å². The van der Waals surface area contributed by atoms with Gasteiger partial charge in [0, 0.05) is 25.7 Å². The van der Waals surface area contributed by atoms with E-state index >= 15 is 0 Å². The second kappa shape index (κ2) is 60.7. The fourth-order valence-corrected chi connectivity index (χ4v) is 12.2. The Morgan fingerprint density at radius 1 is 0.311 bits per heavy atom. The highest BCUT2D eigenvalue weighted by Gasteiger charge is 2.30. The molecule has 0 rings (SSSR count). The summed E-state index contributed by atoms with van der Waals surface area (Å²) in [5.74, 6) is 0.848. The quantitative estimate of drug-likeness (QED) is 0.0222. The molecule has 0 aromatic rings. The first-order valence-electron chi connectivity index (χ1n) is 36.7. The summed E-state index contributed by atoms with van der Waals surface area (Å²) >= 11 is 0. The zero-order valence-electron chi connectivity index (χ0n) is 58.8. The molecule has 0 aliphatic heterocycles. The Kier molecular flexibility index (Phi) is 59.4. The number of hydrogen-bond donors (Lipinski definition) is 3. The maximum atomic E-state index is 13.0. The van der Waals surface area contributed by atoms with Gasteiger partial charge in [0.2, 0.25) is 0 Å². The summed E-state index contributed by atoms with van der Waals surface area (Å²) in [7, 11) is -9.90. The van der Waals surface area contributed by atoms with Crippen molar-refractivity contribution in [3.63, 3.8) is 0 Å². The van der Waals surface area contributed by atoms with Crippen LogP contribution in [0.3, 0.4) is 0 Å². The topological polar surface area (TPSA) is 237 Å². The molecule has 0 aromatic carbocycles. The average Bonchev–Trinajstić information content (AvgIpc) is 3.71. The van der Waals surface area contributed by atoms with E-state index in [0.29, 0.717) is 37.5 Å². The number of rotatable bonds is 68. The lowest BCUT2D eigenvalue weighted by molar-refractivity contribution is -0.161. The van der Waals surface area contributed by atoms with E-state index in [9.17, 15) is 43.2 Å². The lowest BCUT2D eigenvalue weighted by Gasteiger charge is -2.21. The molecule has 0 aliphatic carbocycles. The largest absolute Gasteiger partial charge is 0.472 e. The highest BCUT2D eigenvalue weighted by molar-refractivity contribution is 7.47. The minimum absolute atomic E-state index is 0.103. The van der Waals surface area contributed by atoms with Crippen molar-refractivity contribution >= 4 is 39.5 Å². The van der Waals surface area contributed by atoms with Gasteiger partial charge >= 0.3 is 39.5 Å². The van der Waals surface area contributed by atoms with Crippen LogP contribution in [0.15, 0.2) is 0 Å². The van der Waals surface area contributed by atoms with Gasteiger partial charge in [-0.1, -0.05) is 299 Å². The van der Waals surface area contributed by atoms with Crippen LogP contribution >= 0.6 is 15.6 Å². The van der Waals surface area contributed by atoms with Gasteiger partial charge in [0.05, 0.1) is 26.4 Å². The fraction of sp³-hybridized carbons (Fsp3) is 0.944. The Bertz CT molecular complexity index is 1780. The molecule has 3 N–H and O–H groups in total. The third-order valence-corrected chi connectivity index (χ3v) is 18.6. The summed E-state index contributed by atoms with van der Waals surface area (Å²) in [4.78, 5) is 72.5. The molecule has 0 aromatic heterocycles. The third kappa shape index (κ3) is 63.5. The lowest BCUT2D eigenvalue weighted by Crippen LogP contribution is -2.30. The highest BCUT2D eigenvalue weighted by Crippen LogP contribution is 2.45. The molecule has 534 valence electrons. The van der Waals surface area contributed by atoms with Gasteiger partial charge in [-0.2, -0.15) is 0 Å². The van der Waals surface area contributed by atoms with E-state index in [1.807, 2.05) is 0 Å². The average molecular weight is 1330 g/mol. The molecule has 0 saturated heterocycles. The summed E-state index contributed by atoms with van der Waals surface area (Å²) in [5.41, 5.74) is 0. The smallest absolute Gasteiger partial charge is 0.462 e. The van der Waals surface area contributed by atoms with E-state index in [1.165, 1.54) is 148 Å². The molecule has 0 bridgehead atoms. The standard InChI is InChI=1S/C71H138O17P2/c1-9-64(8)50-42-34-25-19-16-17-20-26-35-43-51-68(73)81-57-66(88-71(76)54-46-38-28-22-24-32-40-48-62(4)5)59-85-89(77,78)83-55-65(72)56-84-90(79,80)86-60-67(58-82-69(74)52-44-36-30-29-33-41-49-63(6)7)87-70(75)53-45-37-27-21-15-13-11-10-12-14-18-23-31-39-47-61(2)3/h61-67,72H,9-60H2,1-8H3,(H,77,78)(H,79,80)/t64?,65-,66-,67-/m1/s1. The van der Waals surface area contributed by atoms with E-state index in [0.717, 1.165) is 108 Å². The van der Waals surface area contributed by atoms with Gasteiger partial charge in [0.15, 0.2) is 12.2 Å². The van der Waals surface area contributed by atoms with E-state index in [1.54, 1.807) is 0 Å². The molecule has 0 heterocycles. The molecule has 0 radical (unpaired) electrons. The molecule has 19 heteroatoms. The molecular weight excluding hydrogens is 1190 g/mol. The predicted octanol–water partition coefficient (Wildman–Crippen LogP) is 20.1. The summed E-state index contributed by atoms with van der Waals surface area (Å²) in [6.07, 6.45) is 43.2. The van der Waals surface area contributed by atoms with Crippen molar-refractivity contribution in [3.8, 4) is 0 Å². The number of phosphoric acid groups is 2. The number of carbonyl (C=O) groups is 4. The van der Waals surface area contributed by atoms with Crippen molar-refractivity contribution < 1.29 is 80.2 Å². The van der Waals surface area contributed by atoms with Gasteiger partial charge in [0.1, 0.15) is 19.3 Å². The molecule has 0 aliphatic rings. The Morgan fingerprint density at radius 2 is 0.533 bits per heavy atom. The number of ether oxygens (including phenoxy) is 4. The van der Waals surface area contributed by atoms with Crippen LogP contribution in [0.1, 0.15) is 351 Å². The van der Waals surface area contributed by atoms with Crippen LogP contribution in [0.25, 0.3) is 0 Å². The van der Waals surface area contributed by atoms with E-state index in [4.69, 9.17) is 37.0 Å². The summed E-state index contributed by atoms with van der Waals surface area (Å²) < 4.78 is 68.3. The Morgan fingerprint density at radius 3 is 0.789 bits per heavy atom. The molecule has 0 amide bonds. The van der Waals surface area contributed by atoms with Gasteiger partial charge in [-0.05, 0) is 49.4 Å². The lowest BCUT2D eigenvalue weighted by atomic mass is 9.99. The van der Waals surface area contributed by atoms with Crippen molar-refractivity contribution in [2.75, 3.05) is 39.6 Å². The van der Waals surface area contributed by atoms with Gasteiger partial charge in [0.25, 0.3) is 0 Å². The maximum Gasteiger partial charge on any atom is 0.472 e. The molecule has 6 atom stereocenters. The van der Waals surface area contributed by atoms with Crippen molar-refractivity contribution in [1.82, 2.24) is 0 Å². The van der Waals surface area contributed by atoms with Crippen LogP contribution in [0.2, 0.25) is 0 Å².